The first-order valence-corrected chi connectivity index (χ1v) is 10.2. The molecule has 1 N–H and O–H groups in total. The summed E-state index contributed by atoms with van der Waals surface area (Å²) in [5.41, 5.74) is 2.86. The number of rotatable bonds is 1. The standard InChI is InChI=1S/C24H22N4O2/c29-23(28-12-10-24(11-13-28)15-25-16-24)30-22-20-14-19(8-9-21(20)26-17-27-22)7-6-18-4-2-1-3-5-18/h1-5,8-9,14,17,25H,10-13,15-16H2. The van der Waals surface area contributed by atoms with Crippen LogP contribution in [0.1, 0.15) is 24.0 Å². The molecule has 0 atom stereocenters. The second kappa shape index (κ2) is 7.77. The van der Waals surface area contributed by atoms with Crippen molar-refractivity contribution in [2.75, 3.05) is 26.2 Å². The van der Waals surface area contributed by atoms with Crippen molar-refractivity contribution in [3.63, 3.8) is 0 Å². The molecule has 6 heteroatoms. The van der Waals surface area contributed by atoms with E-state index in [1.165, 1.54) is 6.33 Å². The van der Waals surface area contributed by atoms with E-state index in [1.54, 1.807) is 4.90 Å². The van der Waals surface area contributed by atoms with Crippen molar-refractivity contribution in [2.24, 2.45) is 5.41 Å². The van der Waals surface area contributed by atoms with Crippen LogP contribution in [-0.2, 0) is 0 Å². The molecule has 0 bridgehead atoms. The number of carbonyl (C=O) groups excluding carboxylic acids is 1. The number of nitrogens with one attached hydrogen (secondary N) is 1. The van der Waals surface area contributed by atoms with Gasteiger partial charge in [0.15, 0.2) is 0 Å². The van der Waals surface area contributed by atoms with Gasteiger partial charge in [0.25, 0.3) is 0 Å². The molecule has 2 aliphatic rings. The minimum absolute atomic E-state index is 0.277. The Balaban J connectivity index is 1.35. The summed E-state index contributed by atoms with van der Waals surface area (Å²) in [6, 6.07) is 15.5. The first-order valence-electron chi connectivity index (χ1n) is 10.2. The van der Waals surface area contributed by atoms with Gasteiger partial charge in [-0.3, -0.25) is 0 Å². The Bertz CT molecular complexity index is 1140. The van der Waals surface area contributed by atoms with E-state index in [9.17, 15) is 4.79 Å². The fourth-order valence-corrected chi connectivity index (χ4v) is 4.00. The Morgan fingerprint density at radius 2 is 1.77 bits per heavy atom. The number of amides is 1. The zero-order valence-electron chi connectivity index (χ0n) is 16.6. The number of hydrogen-bond acceptors (Lipinski definition) is 5. The average molecular weight is 398 g/mol. The van der Waals surface area contributed by atoms with Gasteiger partial charge in [0.1, 0.15) is 6.33 Å². The molecule has 0 aliphatic carbocycles. The van der Waals surface area contributed by atoms with Crippen LogP contribution >= 0.6 is 0 Å². The van der Waals surface area contributed by atoms with Gasteiger partial charge in [-0.25, -0.2) is 14.8 Å². The van der Waals surface area contributed by atoms with Gasteiger partial charge in [0, 0.05) is 37.3 Å². The van der Waals surface area contributed by atoms with Gasteiger partial charge in [-0.2, -0.15) is 0 Å². The Labute approximate surface area is 175 Å². The number of carbonyl (C=O) groups is 1. The number of piperidine rings is 1. The van der Waals surface area contributed by atoms with Gasteiger partial charge < -0.3 is 15.0 Å². The van der Waals surface area contributed by atoms with Crippen molar-refractivity contribution in [1.29, 1.82) is 0 Å². The lowest BCUT2D eigenvalue weighted by Gasteiger charge is -2.47. The molecule has 2 saturated heterocycles. The van der Waals surface area contributed by atoms with Crippen molar-refractivity contribution in [2.45, 2.75) is 12.8 Å². The number of ether oxygens (including phenoxy) is 1. The highest BCUT2D eigenvalue weighted by Crippen LogP contribution is 2.35. The summed E-state index contributed by atoms with van der Waals surface area (Å²) >= 11 is 0. The quantitative estimate of drug-likeness (QED) is 0.638. The van der Waals surface area contributed by atoms with Crippen LogP contribution in [0.3, 0.4) is 0 Å². The molecule has 0 unspecified atom stereocenters. The van der Waals surface area contributed by atoms with Crippen molar-refractivity contribution in [3.8, 4) is 17.7 Å². The number of hydrogen-bond donors (Lipinski definition) is 1. The molecule has 30 heavy (non-hydrogen) atoms. The van der Waals surface area contributed by atoms with E-state index in [4.69, 9.17) is 4.74 Å². The van der Waals surface area contributed by atoms with Crippen LogP contribution in [0.5, 0.6) is 5.88 Å². The summed E-state index contributed by atoms with van der Waals surface area (Å²) in [7, 11) is 0. The third kappa shape index (κ3) is 3.72. The molecule has 6 nitrogen and oxygen atoms in total. The minimum Gasteiger partial charge on any atom is -0.390 e. The van der Waals surface area contributed by atoms with E-state index in [1.807, 2.05) is 48.5 Å². The summed E-state index contributed by atoms with van der Waals surface area (Å²) in [6.07, 6.45) is 3.10. The van der Waals surface area contributed by atoms with Crippen molar-refractivity contribution in [3.05, 3.63) is 66.0 Å². The first-order chi connectivity index (χ1) is 14.7. The third-order valence-corrected chi connectivity index (χ3v) is 5.99. The fourth-order valence-electron chi connectivity index (χ4n) is 4.00. The molecular formula is C24H22N4O2. The third-order valence-electron chi connectivity index (χ3n) is 5.99. The normalized spacial score (nSPS) is 17.1. The second-order valence-corrected chi connectivity index (χ2v) is 7.99. The molecule has 5 rings (SSSR count). The summed E-state index contributed by atoms with van der Waals surface area (Å²) in [5.74, 6) is 6.58. The predicted molar refractivity (Wildman–Crippen MR) is 114 cm³/mol. The van der Waals surface area contributed by atoms with Crippen LogP contribution in [0.2, 0.25) is 0 Å². The van der Waals surface area contributed by atoms with Gasteiger partial charge in [0.05, 0.1) is 10.9 Å². The van der Waals surface area contributed by atoms with Crippen LogP contribution in [0.4, 0.5) is 4.79 Å². The molecular weight excluding hydrogens is 376 g/mol. The van der Waals surface area contributed by atoms with E-state index >= 15 is 0 Å². The van der Waals surface area contributed by atoms with Crippen molar-refractivity contribution < 1.29 is 9.53 Å². The highest BCUT2D eigenvalue weighted by molar-refractivity contribution is 5.87. The lowest BCUT2D eigenvalue weighted by Crippen LogP contribution is -2.59. The molecule has 1 aromatic heterocycles. The topological polar surface area (TPSA) is 67.3 Å². The summed E-state index contributed by atoms with van der Waals surface area (Å²) in [4.78, 5) is 23.0. The maximum atomic E-state index is 12.7. The molecule has 2 fully saturated rings. The molecule has 3 heterocycles. The highest BCUT2D eigenvalue weighted by Gasteiger charge is 2.40. The summed E-state index contributed by atoms with van der Waals surface area (Å²) in [6.45, 7) is 3.55. The number of likely N-dealkylation sites (tertiary alicyclic amines) is 1. The highest BCUT2D eigenvalue weighted by atomic mass is 16.6. The van der Waals surface area contributed by atoms with Crippen LogP contribution in [-0.4, -0.2) is 47.1 Å². The molecule has 2 aliphatic heterocycles. The van der Waals surface area contributed by atoms with E-state index < -0.39 is 0 Å². The monoisotopic (exact) mass is 398 g/mol. The first kappa shape index (κ1) is 18.6. The molecule has 0 saturated carbocycles. The maximum Gasteiger partial charge on any atom is 0.416 e. The van der Waals surface area contributed by atoms with Crippen LogP contribution in [0.25, 0.3) is 10.9 Å². The van der Waals surface area contributed by atoms with Crippen LogP contribution < -0.4 is 10.1 Å². The number of fused-ring (bicyclic) bond motifs is 1. The number of nitrogens with zero attached hydrogens (tertiary/aromatic N) is 3. The summed E-state index contributed by atoms with van der Waals surface area (Å²) in [5, 5.41) is 4.02. The largest absolute Gasteiger partial charge is 0.416 e. The lowest BCUT2D eigenvalue weighted by molar-refractivity contribution is 0.0566. The zero-order chi connectivity index (χ0) is 20.4. The fraction of sp³-hybridized carbons (Fsp3) is 0.292. The molecule has 150 valence electrons. The van der Waals surface area contributed by atoms with Crippen LogP contribution in [0.15, 0.2) is 54.9 Å². The molecule has 1 spiro atoms. The van der Waals surface area contributed by atoms with Gasteiger partial charge in [0.2, 0.25) is 5.88 Å². The smallest absolute Gasteiger partial charge is 0.390 e. The maximum absolute atomic E-state index is 12.7. The van der Waals surface area contributed by atoms with E-state index in [-0.39, 0.29) is 12.0 Å². The van der Waals surface area contributed by atoms with Gasteiger partial charge in [-0.15, -0.1) is 0 Å². The average Bonchev–Trinajstić information content (AvgIpc) is 2.77. The lowest BCUT2D eigenvalue weighted by atomic mass is 9.73. The van der Waals surface area contributed by atoms with Gasteiger partial charge in [-0.1, -0.05) is 30.0 Å². The number of benzene rings is 2. The SMILES string of the molecule is O=C(Oc1ncnc2ccc(C#Cc3ccccc3)cc12)N1CCC2(CC1)CNC2. The summed E-state index contributed by atoms with van der Waals surface area (Å²) < 4.78 is 5.68. The van der Waals surface area contributed by atoms with E-state index in [0.29, 0.717) is 10.8 Å². The Morgan fingerprint density at radius 1 is 1.00 bits per heavy atom. The van der Waals surface area contributed by atoms with Crippen LogP contribution in [0, 0.1) is 17.3 Å². The van der Waals surface area contributed by atoms with Gasteiger partial charge >= 0.3 is 6.09 Å². The van der Waals surface area contributed by atoms with Crippen molar-refractivity contribution >= 4 is 17.0 Å². The number of aromatic nitrogens is 2. The van der Waals surface area contributed by atoms with Gasteiger partial charge in [-0.05, 0) is 48.6 Å². The van der Waals surface area contributed by atoms with E-state index in [0.717, 1.165) is 55.7 Å². The zero-order valence-corrected chi connectivity index (χ0v) is 16.6. The molecule has 2 aromatic carbocycles. The van der Waals surface area contributed by atoms with E-state index in [2.05, 4.69) is 27.1 Å². The molecule has 0 radical (unpaired) electrons. The Morgan fingerprint density at radius 3 is 2.50 bits per heavy atom. The van der Waals surface area contributed by atoms with Crippen molar-refractivity contribution in [1.82, 2.24) is 20.2 Å². The minimum atomic E-state index is -0.349. The Kier molecular flexibility index (Phi) is 4.82. The molecule has 1 amide bonds. The second-order valence-electron chi connectivity index (χ2n) is 7.99. The molecule has 3 aromatic rings. The Hall–Kier alpha value is -3.43. The predicted octanol–water partition coefficient (Wildman–Crippen LogP) is 3.21.